The van der Waals surface area contributed by atoms with Crippen LogP contribution >= 0.6 is 0 Å². The molecule has 2 aromatic rings. The monoisotopic (exact) mass is 428 g/mol. The fraction of sp³-hybridized carbons (Fsp3) is 0.381. The minimum Gasteiger partial charge on any atom is -0.311 e. The molecule has 30 heavy (non-hydrogen) atoms. The summed E-state index contributed by atoms with van der Waals surface area (Å²) in [5.41, 5.74) is 1.65. The summed E-state index contributed by atoms with van der Waals surface area (Å²) >= 11 is 0. The standard InChI is InChI=1S/C21H24N4O4S/c1-14-12-16-13-17(7-8-18(16)25(14)21(27)15-5-6-15)30(28,29)23-11-9-20(26)24-19-4-2-3-10-22-19/h2-4,7-8,10,13-15,23H,5-6,9,11-12H2,1H3,(H,22,24,26)/t14-/m0/s1. The maximum absolute atomic E-state index is 12.7. The maximum atomic E-state index is 12.7. The van der Waals surface area contributed by atoms with Crippen LogP contribution in [-0.2, 0) is 26.0 Å². The average Bonchev–Trinajstić information content (AvgIpc) is 3.50. The maximum Gasteiger partial charge on any atom is 0.240 e. The number of sulfonamides is 1. The molecule has 1 aliphatic carbocycles. The number of pyridine rings is 1. The zero-order valence-corrected chi connectivity index (χ0v) is 17.5. The van der Waals surface area contributed by atoms with Crippen molar-refractivity contribution >= 4 is 33.3 Å². The lowest BCUT2D eigenvalue weighted by Crippen LogP contribution is -2.36. The van der Waals surface area contributed by atoms with E-state index in [0.29, 0.717) is 12.2 Å². The highest BCUT2D eigenvalue weighted by Crippen LogP contribution is 2.39. The summed E-state index contributed by atoms with van der Waals surface area (Å²) in [6, 6.07) is 10.0. The zero-order chi connectivity index (χ0) is 21.3. The smallest absolute Gasteiger partial charge is 0.240 e. The normalized spacial score (nSPS) is 18.2. The van der Waals surface area contributed by atoms with E-state index in [4.69, 9.17) is 0 Å². The van der Waals surface area contributed by atoms with Gasteiger partial charge in [-0.2, -0.15) is 0 Å². The van der Waals surface area contributed by atoms with Crippen LogP contribution in [0.1, 0.15) is 31.7 Å². The topological polar surface area (TPSA) is 108 Å². The Morgan fingerprint density at radius 3 is 2.70 bits per heavy atom. The van der Waals surface area contributed by atoms with Gasteiger partial charge in [-0.15, -0.1) is 0 Å². The largest absolute Gasteiger partial charge is 0.311 e. The number of nitrogens with one attached hydrogen (secondary N) is 2. The van der Waals surface area contributed by atoms with E-state index < -0.39 is 10.0 Å². The van der Waals surface area contributed by atoms with E-state index in [1.54, 1.807) is 41.4 Å². The lowest BCUT2D eigenvalue weighted by atomic mass is 10.1. The number of hydrogen-bond acceptors (Lipinski definition) is 5. The highest BCUT2D eigenvalue weighted by atomic mass is 32.2. The van der Waals surface area contributed by atoms with Crippen molar-refractivity contribution in [2.24, 2.45) is 5.92 Å². The Kier molecular flexibility index (Phi) is 5.57. The van der Waals surface area contributed by atoms with Crippen LogP contribution in [0.5, 0.6) is 0 Å². The van der Waals surface area contributed by atoms with Gasteiger partial charge in [-0.25, -0.2) is 18.1 Å². The van der Waals surface area contributed by atoms with Crippen LogP contribution in [0.15, 0.2) is 47.5 Å². The van der Waals surface area contributed by atoms with E-state index in [-0.39, 0.29) is 41.6 Å². The zero-order valence-electron chi connectivity index (χ0n) is 16.7. The second-order valence-corrected chi connectivity index (χ2v) is 9.50. The molecule has 8 nitrogen and oxygen atoms in total. The number of fused-ring (bicyclic) bond motifs is 1. The van der Waals surface area contributed by atoms with Gasteiger partial charge in [0.05, 0.1) is 4.90 Å². The first kappa shape index (κ1) is 20.5. The molecule has 1 fully saturated rings. The van der Waals surface area contributed by atoms with Crippen LogP contribution in [0.3, 0.4) is 0 Å². The predicted octanol–water partition coefficient (Wildman–Crippen LogP) is 2.08. The Hall–Kier alpha value is -2.78. The number of nitrogens with zero attached hydrogens (tertiary/aromatic N) is 2. The molecule has 1 aromatic carbocycles. The SMILES string of the molecule is C[C@H]1Cc2cc(S(=O)(=O)NCCC(=O)Nc3ccccn3)ccc2N1C(=O)C1CC1. The molecular weight excluding hydrogens is 404 g/mol. The van der Waals surface area contributed by atoms with Gasteiger partial charge in [0.15, 0.2) is 0 Å². The van der Waals surface area contributed by atoms with Crippen molar-refractivity contribution in [2.75, 3.05) is 16.8 Å². The molecule has 0 bridgehead atoms. The van der Waals surface area contributed by atoms with Crippen LogP contribution in [0.4, 0.5) is 11.5 Å². The van der Waals surface area contributed by atoms with Crippen LogP contribution in [0, 0.1) is 5.92 Å². The molecule has 0 spiro atoms. The number of aromatic nitrogens is 1. The minimum absolute atomic E-state index is 0.0125. The molecule has 0 radical (unpaired) electrons. The van der Waals surface area contributed by atoms with Gasteiger partial charge in [0.25, 0.3) is 0 Å². The number of rotatable bonds is 7. The third-order valence-electron chi connectivity index (χ3n) is 5.32. The number of hydrogen-bond donors (Lipinski definition) is 2. The number of amides is 2. The van der Waals surface area contributed by atoms with Gasteiger partial charge in [0.2, 0.25) is 21.8 Å². The summed E-state index contributed by atoms with van der Waals surface area (Å²) in [6.45, 7) is 1.95. The lowest BCUT2D eigenvalue weighted by molar-refractivity contribution is -0.120. The highest BCUT2D eigenvalue weighted by molar-refractivity contribution is 7.89. The van der Waals surface area contributed by atoms with Crippen molar-refractivity contribution in [2.45, 2.75) is 43.5 Å². The second kappa shape index (κ2) is 8.16. The molecule has 2 heterocycles. The summed E-state index contributed by atoms with van der Waals surface area (Å²) in [5, 5.41) is 2.61. The Morgan fingerprint density at radius 1 is 1.20 bits per heavy atom. The number of benzene rings is 1. The number of anilines is 2. The van der Waals surface area contributed by atoms with Crippen LogP contribution in [0.2, 0.25) is 0 Å². The molecule has 4 rings (SSSR count). The fourth-order valence-corrected chi connectivity index (χ4v) is 4.74. The van der Waals surface area contributed by atoms with Crippen molar-refractivity contribution in [3.8, 4) is 0 Å². The molecule has 0 saturated heterocycles. The van der Waals surface area contributed by atoms with Gasteiger partial charge in [0.1, 0.15) is 5.82 Å². The molecule has 2 amide bonds. The van der Waals surface area contributed by atoms with Crippen molar-refractivity contribution in [3.63, 3.8) is 0 Å². The van der Waals surface area contributed by atoms with E-state index >= 15 is 0 Å². The highest BCUT2D eigenvalue weighted by Gasteiger charge is 2.39. The third-order valence-corrected chi connectivity index (χ3v) is 6.78. The van der Waals surface area contributed by atoms with E-state index in [1.165, 1.54) is 6.07 Å². The molecule has 1 atom stereocenters. The van der Waals surface area contributed by atoms with Gasteiger partial charge in [-0.1, -0.05) is 6.07 Å². The average molecular weight is 429 g/mol. The van der Waals surface area contributed by atoms with Crippen molar-refractivity contribution in [1.29, 1.82) is 0 Å². The summed E-state index contributed by atoms with van der Waals surface area (Å²) < 4.78 is 27.8. The van der Waals surface area contributed by atoms with Crippen molar-refractivity contribution < 1.29 is 18.0 Å². The van der Waals surface area contributed by atoms with Crippen LogP contribution in [-0.4, -0.2) is 37.8 Å². The summed E-state index contributed by atoms with van der Waals surface area (Å²) in [4.78, 5) is 30.5. The molecule has 0 unspecified atom stereocenters. The molecule has 2 aliphatic rings. The van der Waals surface area contributed by atoms with E-state index in [1.807, 2.05) is 6.92 Å². The fourth-order valence-electron chi connectivity index (χ4n) is 3.66. The first-order valence-corrected chi connectivity index (χ1v) is 11.5. The Labute approximate surface area is 175 Å². The third kappa shape index (κ3) is 4.36. The van der Waals surface area contributed by atoms with Crippen LogP contribution < -0.4 is 14.9 Å². The molecular formula is C21H24N4O4S. The Balaban J connectivity index is 1.38. The molecule has 2 N–H and O–H groups in total. The van der Waals surface area contributed by atoms with Gasteiger partial charge < -0.3 is 10.2 Å². The summed E-state index contributed by atoms with van der Waals surface area (Å²) in [7, 11) is -3.76. The first-order valence-electron chi connectivity index (χ1n) is 10.0. The summed E-state index contributed by atoms with van der Waals surface area (Å²) in [5.74, 6) is 0.339. The molecule has 1 aliphatic heterocycles. The van der Waals surface area contributed by atoms with Crippen LogP contribution in [0.25, 0.3) is 0 Å². The predicted molar refractivity (Wildman–Crippen MR) is 112 cm³/mol. The Bertz CT molecular complexity index is 1070. The lowest BCUT2D eigenvalue weighted by Gasteiger charge is -2.22. The Morgan fingerprint density at radius 2 is 2.00 bits per heavy atom. The molecule has 1 saturated carbocycles. The van der Waals surface area contributed by atoms with E-state index in [0.717, 1.165) is 24.1 Å². The van der Waals surface area contributed by atoms with E-state index in [2.05, 4.69) is 15.0 Å². The number of carbonyl (C=O) groups excluding carboxylic acids is 2. The van der Waals surface area contributed by atoms with Crippen molar-refractivity contribution in [3.05, 3.63) is 48.2 Å². The van der Waals surface area contributed by atoms with Gasteiger partial charge in [-0.3, -0.25) is 9.59 Å². The van der Waals surface area contributed by atoms with Gasteiger partial charge in [-0.05, 0) is 62.1 Å². The summed E-state index contributed by atoms with van der Waals surface area (Å²) in [6.07, 6.45) is 4.04. The van der Waals surface area contributed by atoms with Gasteiger partial charge in [0, 0.05) is 36.8 Å². The number of carbonyl (C=O) groups is 2. The second-order valence-electron chi connectivity index (χ2n) is 7.74. The first-order chi connectivity index (χ1) is 14.3. The molecule has 158 valence electrons. The molecule has 9 heteroatoms. The van der Waals surface area contributed by atoms with E-state index in [9.17, 15) is 18.0 Å². The minimum atomic E-state index is -3.76. The van der Waals surface area contributed by atoms with Gasteiger partial charge >= 0.3 is 0 Å². The molecule has 1 aromatic heterocycles. The van der Waals surface area contributed by atoms with Crippen molar-refractivity contribution in [1.82, 2.24) is 9.71 Å². The quantitative estimate of drug-likeness (QED) is 0.702.